The molecule has 0 saturated heterocycles. The van der Waals surface area contributed by atoms with Gasteiger partial charge in [0.05, 0.1) is 17.2 Å². The molecule has 15 heteroatoms. The van der Waals surface area contributed by atoms with E-state index in [2.05, 4.69) is 24.3 Å². The average Bonchev–Trinajstić information content (AvgIpc) is 3.47. The fraction of sp³-hybridized carbons (Fsp3) is 0.172. The molecule has 0 amide bonds. The first-order chi connectivity index (χ1) is 21.1. The van der Waals surface area contributed by atoms with Gasteiger partial charge in [0, 0.05) is 12.8 Å². The predicted octanol–water partition coefficient (Wildman–Crippen LogP) is 7.94. The Morgan fingerprint density at radius 3 is 1.91 bits per heavy atom. The predicted molar refractivity (Wildman–Crippen MR) is 153 cm³/mol. The van der Waals surface area contributed by atoms with Crippen LogP contribution in [0, 0.1) is 0 Å². The summed E-state index contributed by atoms with van der Waals surface area (Å²) >= 11 is 0. The minimum atomic E-state index is -5.16. The Hall–Kier alpha value is -3.86. The third-order valence-corrected chi connectivity index (χ3v) is 9.22. The highest BCUT2D eigenvalue weighted by atomic mass is 31.2. The van der Waals surface area contributed by atoms with Crippen molar-refractivity contribution in [2.45, 2.75) is 30.7 Å². The van der Waals surface area contributed by atoms with Crippen molar-refractivity contribution in [1.82, 2.24) is 15.0 Å². The van der Waals surface area contributed by atoms with Crippen LogP contribution in [0.5, 0.6) is 5.75 Å². The highest BCUT2D eigenvalue weighted by Crippen LogP contribution is 2.52. The summed E-state index contributed by atoms with van der Waals surface area (Å²) in [5.74, 6) is -0.196. The third-order valence-electron chi connectivity index (χ3n) is 7.08. The molecule has 0 radical (unpaired) electrons. The van der Waals surface area contributed by atoms with E-state index in [0.29, 0.717) is 29.5 Å². The van der Waals surface area contributed by atoms with Gasteiger partial charge in [-0.15, -0.1) is 14.6 Å². The first kappa shape index (κ1) is 31.6. The topological polar surface area (TPSA) is 113 Å². The summed E-state index contributed by atoms with van der Waals surface area (Å²) in [4.78, 5) is 9.45. The number of alkyl halides is 2. The molecule has 0 bridgehead atoms. The zero-order valence-electron chi connectivity index (χ0n) is 22.8. The number of aromatic nitrogens is 3. The number of hydrogen-bond acceptors (Lipinski definition) is 7. The summed E-state index contributed by atoms with van der Waals surface area (Å²) in [5.41, 5.74) is 3.06. The number of halogens is 4. The quantitative estimate of drug-likeness (QED) is 0.101. The van der Waals surface area contributed by atoms with Crippen LogP contribution in [0.15, 0.2) is 103 Å². The lowest BCUT2D eigenvalue weighted by Gasteiger charge is -2.36. The zero-order chi connectivity index (χ0) is 31.4. The van der Waals surface area contributed by atoms with Crippen molar-refractivity contribution >= 4 is 26.2 Å². The lowest BCUT2D eigenvalue weighted by molar-refractivity contribution is -0.0881. The highest BCUT2D eigenvalue weighted by Gasteiger charge is 2.38. The highest BCUT2D eigenvalue weighted by molar-refractivity contribution is 7.53. The monoisotopic (exact) mass is 649 g/mol. The molecule has 4 aromatic carbocycles. The van der Waals surface area contributed by atoms with E-state index in [1.807, 2.05) is 54.6 Å². The van der Waals surface area contributed by atoms with Crippen molar-refractivity contribution in [2.24, 2.45) is 0 Å². The van der Waals surface area contributed by atoms with E-state index in [0.717, 1.165) is 16.6 Å². The van der Waals surface area contributed by atoms with E-state index in [9.17, 15) is 31.9 Å². The Bertz CT molecular complexity index is 1740. The summed E-state index contributed by atoms with van der Waals surface area (Å²) in [5, 5.41) is 8.92. The molecule has 1 heterocycles. The number of para-hydroxylation sites is 1. The maximum atomic E-state index is 12.9. The van der Waals surface area contributed by atoms with E-state index < -0.39 is 33.1 Å². The van der Waals surface area contributed by atoms with Gasteiger partial charge in [0.15, 0.2) is 0 Å². The molecule has 1 aromatic heterocycles. The molecule has 0 saturated carbocycles. The zero-order valence-corrected chi connectivity index (χ0v) is 24.5. The summed E-state index contributed by atoms with van der Waals surface area (Å²) in [7, 11) is -9.74. The van der Waals surface area contributed by atoms with Gasteiger partial charge in [-0.05, 0) is 55.6 Å². The van der Waals surface area contributed by atoms with Crippen LogP contribution in [-0.4, -0.2) is 26.1 Å². The van der Waals surface area contributed by atoms with Crippen molar-refractivity contribution in [2.75, 3.05) is 0 Å². The molecule has 230 valence electrons. The first-order valence-electron chi connectivity index (χ1n) is 13.1. The van der Waals surface area contributed by atoms with Crippen LogP contribution in [0.2, 0.25) is 0 Å². The van der Waals surface area contributed by atoms with E-state index in [1.165, 1.54) is 12.1 Å². The maximum absolute atomic E-state index is 12.9. The second kappa shape index (κ2) is 13.0. The normalized spacial score (nSPS) is 14.8. The van der Waals surface area contributed by atoms with Crippen LogP contribution >= 0.6 is 15.2 Å². The van der Waals surface area contributed by atoms with E-state index in [4.69, 9.17) is 0 Å². The fourth-order valence-corrected chi connectivity index (χ4v) is 6.33. The first-order valence-corrected chi connectivity index (χ1v) is 16.5. The van der Waals surface area contributed by atoms with Gasteiger partial charge in [-0.3, -0.25) is 4.57 Å². The second-order valence-corrected chi connectivity index (χ2v) is 13.6. The molecular formula is C29H25F4N3O6P2. The maximum Gasteiger partial charge on any atom is 0.442 e. The largest absolute Gasteiger partial charge is 0.442 e. The van der Waals surface area contributed by atoms with Gasteiger partial charge in [0.25, 0.3) is 0 Å². The van der Waals surface area contributed by atoms with Gasteiger partial charge in [-0.25, -0.2) is 9.25 Å². The Morgan fingerprint density at radius 1 is 0.773 bits per heavy atom. The van der Waals surface area contributed by atoms with Crippen LogP contribution in [-0.2, 0) is 43.1 Å². The van der Waals surface area contributed by atoms with E-state index in [1.54, 1.807) is 41.1 Å². The molecule has 2 atom stereocenters. The SMILES string of the molecule is O=P(Cc1ccc(CC(Cc2ccc(OP(=O)(O)C(F)F)cc2)(c2ccccc2)n2nnc3ccccc32)cc1)(OF)OF. The molecule has 2 unspecified atom stereocenters. The molecular weight excluding hydrogens is 624 g/mol. The number of fused-ring (bicyclic) bond motifs is 1. The van der Waals surface area contributed by atoms with Crippen LogP contribution < -0.4 is 4.52 Å². The van der Waals surface area contributed by atoms with Crippen molar-refractivity contribution in [3.05, 3.63) is 125 Å². The summed E-state index contributed by atoms with van der Waals surface area (Å²) in [6.07, 6.45) is -3.57. The molecule has 9 nitrogen and oxygen atoms in total. The Kier molecular flexibility index (Phi) is 9.34. The van der Waals surface area contributed by atoms with Crippen LogP contribution in [0.4, 0.5) is 17.8 Å². The number of rotatable bonds is 13. The lowest BCUT2D eigenvalue weighted by Crippen LogP contribution is -2.40. The van der Waals surface area contributed by atoms with Crippen molar-refractivity contribution in [1.29, 1.82) is 0 Å². The third kappa shape index (κ3) is 6.77. The van der Waals surface area contributed by atoms with Gasteiger partial charge in [0.2, 0.25) is 0 Å². The van der Waals surface area contributed by atoms with Crippen LogP contribution in [0.25, 0.3) is 11.0 Å². The Balaban J connectivity index is 1.59. The van der Waals surface area contributed by atoms with Crippen LogP contribution in [0.3, 0.4) is 0 Å². The molecule has 0 aliphatic rings. The van der Waals surface area contributed by atoms with Gasteiger partial charge in [0.1, 0.15) is 11.3 Å². The molecule has 1 N–H and O–H groups in total. The summed E-state index contributed by atoms with van der Waals surface area (Å²) in [6, 6.07) is 29.3. The minimum absolute atomic E-state index is 0.196. The number of nitrogens with zero attached hydrogens (tertiary/aromatic N) is 3. The van der Waals surface area contributed by atoms with Gasteiger partial charge >= 0.3 is 21.4 Å². The van der Waals surface area contributed by atoms with Crippen LogP contribution in [0.1, 0.15) is 22.3 Å². The molecule has 0 spiro atoms. The van der Waals surface area contributed by atoms with E-state index >= 15 is 0 Å². The van der Waals surface area contributed by atoms with Gasteiger partial charge < -0.3 is 9.42 Å². The van der Waals surface area contributed by atoms with Gasteiger partial charge in [-0.1, -0.05) is 84.1 Å². The molecule has 0 aliphatic carbocycles. The Morgan fingerprint density at radius 2 is 1.32 bits per heavy atom. The van der Waals surface area contributed by atoms with Crippen molar-refractivity contribution < 1.29 is 45.8 Å². The molecule has 5 aromatic rings. The standard InChI is InChI=1S/C29H25F4N3O6P2/c30-28(31)44(38,39)40-25-16-14-22(15-17-25)19-29(24-6-2-1-3-7-24,36-27-9-5-4-8-26(27)34-35-36)18-21-10-12-23(13-11-21)20-43(37,41-32)42-33/h1-17,28H,18-20H2,(H,38,39). The fourth-order valence-electron chi connectivity index (χ4n) is 5.05. The minimum Gasteiger partial charge on any atom is -0.421 e. The Labute approximate surface area is 248 Å². The molecule has 0 fully saturated rings. The summed E-state index contributed by atoms with van der Waals surface area (Å²) in [6.45, 7) is 0. The summed E-state index contributed by atoms with van der Waals surface area (Å²) < 4.78 is 87.7. The number of hydrogen-bond donors (Lipinski definition) is 1. The van der Waals surface area contributed by atoms with Crippen molar-refractivity contribution in [3.8, 4) is 5.75 Å². The van der Waals surface area contributed by atoms with Gasteiger partial charge in [-0.2, -0.15) is 8.78 Å². The lowest BCUT2D eigenvalue weighted by atomic mass is 9.78. The van der Waals surface area contributed by atoms with Crippen molar-refractivity contribution in [3.63, 3.8) is 0 Å². The molecule has 44 heavy (non-hydrogen) atoms. The number of benzene rings is 4. The van der Waals surface area contributed by atoms with E-state index in [-0.39, 0.29) is 5.75 Å². The smallest absolute Gasteiger partial charge is 0.421 e. The molecule has 0 aliphatic heterocycles. The second-order valence-electron chi connectivity index (χ2n) is 10.0. The average molecular weight is 649 g/mol. The molecule has 5 rings (SSSR count).